The number of aliphatic hydroxyl groups is 1. The van der Waals surface area contributed by atoms with Gasteiger partial charge in [0.15, 0.2) is 0 Å². The van der Waals surface area contributed by atoms with Crippen molar-refractivity contribution in [1.29, 1.82) is 0 Å². The third-order valence-corrected chi connectivity index (χ3v) is 4.75. The third-order valence-electron chi connectivity index (χ3n) is 4.75. The summed E-state index contributed by atoms with van der Waals surface area (Å²) in [4.78, 5) is 39.9. The van der Waals surface area contributed by atoms with Crippen molar-refractivity contribution in [1.82, 2.24) is 5.32 Å². The number of carbonyl (C=O) groups excluding carboxylic acids is 3. The van der Waals surface area contributed by atoms with Crippen molar-refractivity contribution in [2.75, 3.05) is 18.1 Å². The van der Waals surface area contributed by atoms with E-state index in [2.05, 4.69) is 5.32 Å². The van der Waals surface area contributed by atoms with Gasteiger partial charge in [0.2, 0.25) is 0 Å². The molecule has 0 fully saturated rings. The highest BCUT2D eigenvalue weighted by molar-refractivity contribution is 6.36. The number of imide groups is 1. The summed E-state index contributed by atoms with van der Waals surface area (Å²) in [6, 6.07) is 10.4. The van der Waals surface area contributed by atoms with E-state index in [1.807, 2.05) is 32.0 Å². The van der Waals surface area contributed by atoms with Crippen LogP contribution >= 0.6 is 0 Å². The lowest BCUT2D eigenvalue weighted by Crippen LogP contribution is -2.32. The van der Waals surface area contributed by atoms with Crippen LogP contribution in [0.2, 0.25) is 0 Å². The first kappa shape index (κ1) is 18.8. The maximum absolute atomic E-state index is 13.2. The van der Waals surface area contributed by atoms with Crippen LogP contribution in [0, 0.1) is 0 Å². The maximum atomic E-state index is 13.2. The average Bonchev–Trinajstić information content (AvgIpc) is 2.95. The van der Waals surface area contributed by atoms with Gasteiger partial charge >= 0.3 is 0 Å². The van der Waals surface area contributed by atoms with Gasteiger partial charge in [-0.25, -0.2) is 4.90 Å². The van der Waals surface area contributed by atoms with E-state index in [0.717, 1.165) is 11.1 Å². The molecule has 6 nitrogen and oxygen atoms in total. The summed E-state index contributed by atoms with van der Waals surface area (Å²) in [7, 11) is 0. The monoisotopic (exact) mass is 366 g/mol. The summed E-state index contributed by atoms with van der Waals surface area (Å²) in [5, 5.41) is 11.5. The second-order valence-electron chi connectivity index (χ2n) is 6.29. The smallest absolute Gasteiger partial charge is 0.266 e. The fourth-order valence-electron chi connectivity index (χ4n) is 3.44. The van der Waals surface area contributed by atoms with Gasteiger partial charge in [-0.15, -0.1) is 0 Å². The van der Waals surface area contributed by atoms with Crippen molar-refractivity contribution in [3.63, 3.8) is 0 Å². The Labute approximate surface area is 157 Å². The number of anilines is 1. The van der Waals surface area contributed by atoms with Gasteiger partial charge in [0.05, 0.1) is 29.0 Å². The van der Waals surface area contributed by atoms with Gasteiger partial charge in [0, 0.05) is 6.54 Å². The first-order valence-corrected chi connectivity index (χ1v) is 9.06. The Balaban J connectivity index is 2.12. The molecule has 0 aromatic heterocycles. The number of para-hydroxylation sites is 1. The molecule has 1 heterocycles. The minimum Gasteiger partial charge on any atom is -0.395 e. The predicted molar refractivity (Wildman–Crippen MR) is 102 cm³/mol. The number of carbonyl (C=O) groups is 3. The molecule has 2 aromatic carbocycles. The van der Waals surface area contributed by atoms with Crippen molar-refractivity contribution in [3.8, 4) is 0 Å². The number of rotatable bonds is 6. The first-order valence-electron chi connectivity index (χ1n) is 9.06. The van der Waals surface area contributed by atoms with E-state index < -0.39 is 17.7 Å². The molecule has 0 unspecified atom stereocenters. The average molecular weight is 366 g/mol. The second-order valence-corrected chi connectivity index (χ2v) is 6.29. The quantitative estimate of drug-likeness (QED) is 0.768. The summed E-state index contributed by atoms with van der Waals surface area (Å²) in [6.07, 6.45) is 1.36. The lowest BCUT2D eigenvalue weighted by molar-refractivity contribution is 0.0908. The van der Waals surface area contributed by atoms with Crippen molar-refractivity contribution in [3.05, 3.63) is 64.2 Å². The van der Waals surface area contributed by atoms with E-state index in [0.29, 0.717) is 18.5 Å². The van der Waals surface area contributed by atoms with Gasteiger partial charge in [-0.3, -0.25) is 14.4 Å². The van der Waals surface area contributed by atoms with Crippen LogP contribution < -0.4 is 10.2 Å². The Morgan fingerprint density at radius 3 is 2.22 bits per heavy atom. The normalized spacial score (nSPS) is 13.1. The maximum Gasteiger partial charge on any atom is 0.266 e. The van der Waals surface area contributed by atoms with Crippen molar-refractivity contribution in [2.45, 2.75) is 26.7 Å². The Morgan fingerprint density at radius 1 is 1.00 bits per heavy atom. The molecule has 1 aliphatic rings. The van der Waals surface area contributed by atoms with E-state index >= 15 is 0 Å². The largest absolute Gasteiger partial charge is 0.395 e. The number of amides is 3. The Morgan fingerprint density at radius 2 is 1.63 bits per heavy atom. The lowest BCUT2D eigenvalue weighted by atomic mass is 10.0. The summed E-state index contributed by atoms with van der Waals surface area (Å²) in [5.41, 5.74) is 2.94. The van der Waals surface area contributed by atoms with Gasteiger partial charge in [0.25, 0.3) is 17.7 Å². The molecule has 2 N–H and O–H groups in total. The molecule has 0 saturated carbocycles. The molecule has 1 aliphatic heterocycles. The van der Waals surface area contributed by atoms with E-state index in [9.17, 15) is 14.4 Å². The Hall–Kier alpha value is -2.99. The van der Waals surface area contributed by atoms with Crippen molar-refractivity contribution >= 4 is 23.4 Å². The van der Waals surface area contributed by atoms with Crippen LogP contribution in [-0.2, 0) is 12.8 Å². The topological polar surface area (TPSA) is 86.7 Å². The van der Waals surface area contributed by atoms with E-state index in [4.69, 9.17) is 5.11 Å². The number of aliphatic hydroxyl groups excluding tert-OH is 1. The summed E-state index contributed by atoms with van der Waals surface area (Å²) < 4.78 is 0. The fourth-order valence-corrected chi connectivity index (χ4v) is 3.44. The molecule has 2 aromatic rings. The molecule has 0 saturated heterocycles. The fraction of sp³-hybridized carbons (Fsp3) is 0.286. The summed E-state index contributed by atoms with van der Waals surface area (Å²) >= 11 is 0. The zero-order valence-electron chi connectivity index (χ0n) is 15.4. The van der Waals surface area contributed by atoms with Crippen LogP contribution in [-0.4, -0.2) is 36.0 Å². The Kier molecular flexibility index (Phi) is 5.37. The molecule has 0 spiro atoms. The molecule has 3 amide bonds. The van der Waals surface area contributed by atoms with Crippen molar-refractivity contribution in [2.24, 2.45) is 0 Å². The molecule has 0 atom stereocenters. The molecule has 140 valence electrons. The highest BCUT2D eigenvalue weighted by Crippen LogP contribution is 2.35. The van der Waals surface area contributed by atoms with E-state index in [1.54, 1.807) is 12.1 Å². The van der Waals surface area contributed by atoms with Gasteiger partial charge in [0.1, 0.15) is 0 Å². The number of nitrogens with zero attached hydrogens (tertiary/aromatic N) is 1. The van der Waals surface area contributed by atoms with Crippen molar-refractivity contribution < 1.29 is 19.5 Å². The number of aryl methyl sites for hydroxylation is 2. The standard InChI is InChI=1S/C21H22N2O4/c1-3-13-7-5-8-14(4-2)18(13)23-20(26)16-10-6-9-15(17(16)21(23)27)19(25)22-11-12-24/h5-10,24H,3-4,11-12H2,1-2H3,(H,22,25). The zero-order chi connectivity index (χ0) is 19.6. The van der Waals surface area contributed by atoms with Gasteiger partial charge < -0.3 is 10.4 Å². The first-order chi connectivity index (χ1) is 13.0. The van der Waals surface area contributed by atoms with Crippen LogP contribution in [0.25, 0.3) is 0 Å². The zero-order valence-corrected chi connectivity index (χ0v) is 15.4. The molecule has 0 radical (unpaired) electrons. The van der Waals surface area contributed by atoms with Crippen LogP contribution in [0.4, 0.5) is 5.69 Å². The van der Waals surface area contributed by atoms with Gasteiger partial charge in [-0.1, -0.05) is 38.1 Å². The molecule has 3 rings (SSSR count). The molecule has 0 aliphatic carbocycles. The Bertz CT molecular complexity index is 898. The molecule has 6 heteroatoms. The van der Waals surface area contributed by atoms with E-state index in [1.165, 1.54) is 11.0 Å². The van der Waals surface area contributed by atoms with Crippen LogP contribution in [0.3, 0.4) is 0 Å². The highest BCUT2D eigenvalue weighted by atomic mass is 16.3. The molecule has 0 bridgehead atoms. The van der Waals surface area contributed by atoms with Crippen LogP contribution in [0.1, 0.15) is 56.0 Å². The molecule has 27 heavy (non-hydrogen) atoms. The summed E-state index contributed by atoms with van der Waals surface area (Å²) in [6.45, 7) is 3.82. The number of benzene rings is 2. The minimum atomic E-state index is -0.486. The van der Waals surface area contributed by atoms with Gasteiger partial charge in [-0.05, 0) is 36.1 Å². The number of hydrogen-bond donors (Lipinski definition) is 2. The number of fused-ring (bicyclic) bond motifs is 1. The van der Waals surface area contributed by atoms with Crippen LogP contribution in [0.5, 0.6) is 0 Å². The number of nitrogens with one attached hydrogen (secondary N) is 1. The summed E-state index contributed by atoms with van der Waals surface area (Å²) in [5.74, 6) is -1.38. The predicted octanol–water partition coefficient (Wildman–Crippen LogP) is 2.33. The second kappa shape index (κ2) is 7.72. The molecular weight excluding hydrogens is 344 g/mol. The van der Waals surface area contributed by atoms with E-state index in [-0.39, 0.29) is 29.8 Å². The number of hydrogen-bond acceptors (Lipinski definition) is 4. The minimum absolute atomic E-state index is 0.0764. The molecular formula is C21H22N2O4. The SMILES string of the molecule is CCc1cccc(CC)c1N1C(=O)c2cccc(C(=O)NCCO)c2C1=O. The highest BCUT2D eigenvalue weighted by Gasteiger charge is 2.40. The van der Waals surface area contributed by atoms with Crippen LogP contribution in [0.15, 0.2) is 36.4 Å². The third kappa shape index (κ3) is 3.13. The lowest BCUT2D eigenvalue weighted by Gasteiger charge is -2.21. The van der Waals surface area contributed by atoms with Gasteiger partial charge in [-0.2, -0.15) is 0 Å².